The summed E-state index contributed by atoms with van der Waals surface area (Å²) in [6.07, 6.45) is 4.24. The van der Waals surface area contributed by atoms with Crippen molar-refractivity contribution in [2.24, 2.45) is 5.92 Å². The van der Waals surface area contributed by atoms with Crippen LogP contribution in [0.15, 0.2) is 11.6 Å². The van der Waals surface area contributed by atoms with E-state index in [4.69, 9.17) is 10.2 Å². The summed E-state index contributed by atoms with van der Waals surface area (Å²) in [4.78, 5) is 10.4. The maximum atomic E-state index is 10.4. The van der Waals surface area contributed by atoms with E-state index in [2.05, 4.69) is 6.92 Å². The molecule has 0 aliphatic rings. The first kappa shape index (κ1) is 12.2. The molecular weight excluding hydrogens is 168 g/mol. The Labute approximate surface area is 79.1 Å². The van der Waals surface area contributed by atoms with Crippen molar-refractivity contribution < 1.29 is 15.0 Å². The molecule has 0 aromatic rings. The van der Waals surface area contributed by atoms with Crippen molar-refractivity contribution in [3.8, 4) is 0 Å². The van der Waals surface area contributed by atoms with Gasteiger partial charge in [0.05, 0.1) is 0 Å². The third-order valence-corrected chi connectivity index (χ3v) is 2.07. The van der Waals surface area contributed by atoms with Gasteiger partial charge in [-0.1, -0.05) is 13.0 Å². The summed E-state index contributed by atoms with van der Waals surface area (Å²) < 4.78 is 0. The molecule has 3 heteroatoms. The van der Waals surface area contributed by atoms with Crippen LogP contribution in [-0.4, -0.2) is 22.8 Å². The standard InChI is InChI=1S/C10H18O3/c1-8(6-7-11)4-3-5-9(2)10(12)13/h5,8,11H,3-4,6-7H2,1-2H3,(H,12,13)/b9-5+/t8-/m1/s1. The molecule has 0 aliphatic carbocycles. The van der Waals surface area contributed by atoms with Crippen molar-refractivity contribution >= 4 is 5.97 Å². The van der Waals surface area contributed by atoms with Crippen LogP contribution >= 0.6 is 0 Å². The van der Waals surface area contributed by atoms with Crippen molar-refractivity contribution in [3.05, 3.63) is 11.6 Å². The Balaban J connectivity index is 3.65. The first-order valence-electron chi connectivity index (χ1n) is 4.58. The molecular formula is C10H18O3. The molecule has 0 amide bonds. The lowest BCUT2D eigenvalue weighted by atomic mass is 10.0. The molecule has 76 valence electrons. The van der Waals surface area contributed by atoms with Gasteiger partial charge in [-0.05, 0) is 32.1 Å². The Hall–Kier alpha value is -0.830. The summed E-state index contributed by atoms with van der Waals surface area (Å²) in [5, 5.41) is 17.2. The SMILES string of the molecule is C/C(=C\CC[C@@H](C)CCO)C(=O)O. The molecule has 2 N–H and O–H groups in total. The molecule has 0 bridgehead atoms. The van der Waals surface area contributed by atoms with Gasteiger partial charge in [-0.25, -0.2) is 4.79 Å². The van der Waals surface area contributed by atoms with Gasteiger partial charge in [0.1, 0.15) is 0 Å². The molecule has 0 aromatic carbocycles. The molecule has 0 aromatic heterocycles. The van der Waals surface area contributed by atoms with Crippen LogP contribution in [0.4, 0.5) is 0 Å². The Morgan fingerprint density at radius 1 is 1.46 bits per heavy atom. The number of aliphatic hydroxyl groups is 1. The maximum absolute atomic E-state index is 10.4. The fraction of sp³-hybridized carbons (Fsp3) is 0.700. The van der Waals surface area contributed by atoms with Gasteiger partial charge in [0.2, 0.25) is 0 Å². The number of carboxylic acid groups (broad SMARTS) is 1. The van der Waals surface area contributed by atoms with E-state index in [9.17, 15) is 4.79 Å². The minimum Gasteiger partial charge on any atom is -0.478 e. The second-order valence-electron chi connectivity index (χ2n) is 3.39. The van der Waals surface area contributed by atoms with Crippen molar-refractivity contribution in [2.75, 3.05) is 6.61 Å². The van der Waals surface area contributed by atoms with Gasteiger partial charge in [0.25, 0.3) is 0 Å². The molecule has 3 nitrogen and oxygen atoms in total. The zero-order valence-corrected chi connectivity index (χ0v) is 8.29. The van der Waals surface area contributed by atoms with Crippen molar-refractivity contribution in [1.82, 2.24) is 0 Å². The van der Waals surface area contributed by atoms with Gasteiger partial charge >= 0.3 is 5.97 Å². The van der Waals surface area contributed by atoms with Crippen LogP contribution in [0.2, 0.25) is 0 Å². The fourth-order valence-corrected chi connectivity index (χ4v) is 1.04. The van der Waals surface area contributed by atoms with Crippen molar-refractivity contribution in [3.63, 3.8) is 0 Å². The van der Waals surface area contributed by atoms with Crippen LogP contribution < -0.4 is 0 Å². The van der Waals surface area contributed by atoms with Crippen LogP contribution in [-0.2, 0) is 4.79 Å². The summed E-state index contributed by atoms with van der Waals surface area (Å²) in [6, 6.07) is 0. The number of hydrogen-bond acceptors (Lipinski definition) is 2. The molecule has 0 spiro atoms. The third-order valence-electron chi connectivity index (χ3n) is 2.07. The smallest absolute Gasteiger partial charge is 0.330 e. The molecule has 0 unspecified atom stereocenters. The second-order valence-corrected chi connectivity index (χ2v) is 3.39. The number of aliphatic carboxylic acids is 1. The maximum Gasteiger partial charge on any atom is 0.330 e. The first-order chi connectivity index (χ1) is 6.07. The third kappa shape index (κ3) is 6.34. The summed E-state index contributed by atoms with van der Waals surface area (Å²) in [5.74, 6) is -0.391. The summed E-state index contributed by atoms with van der Waals surface area (Å²) in [7, 11) is 0. The Kier molecular flexibility index (Phi) is 6.24. The van der Waals surface area contributed by atoms with E-state index in [-0.39, 0.29) is 6.61 Å². The van der Waals surface area contributed by atoms with E-state index >= 15 is 0 Å². The number of hydrogen-bond donors (Lipinski definition) is 2. The van der Waals surface area contributed by atoms with E-state index in [1.165, 1.54) is 0 Å². The van der Waals surface area contributed by atoms with Gasteiger partial charge in [-0.15, -0.1) is 0 Å². The molecule has 0 radical (unpaired) electrons. The van der Waals surface area contributed by atoms with Crippen LogP contribution in [0.3, 0.4) is 0 Å². The van der Waals surface area contributed by atoms with Gasteiger partial charge in [-0.2, -0.15) is 0 Å². The predicted molar refractivity (Wildman–Crippen MR) is 51.5 cm³/mol. The number of rotatable bonds is 6. The van der Waals surface area contributed by atoms with E-state index in [0.717, 1.165) is 19.3 Å². The molecule has 0 saturated heterocycles. The highest BCUT2D eigenvalue weighted by Crippen LogP contribution is 2.10. The Morgan fingerprint density at radius 2 is 2.08 bits per heavy atom. The molecule has 0 heterocycles. The topological polar surface area (TPSA) is 57.5 Å². The quantitative estimate of drug-likeness (QED) is 0.622. The van der Waals surface area contributed by atoms with Crippen LogP contribution in [0.1, 0.15) is 33.1 Å². The molecule has 0 rings (SSSR count). The second kappa shape index (κ2) is 6.66. The molecule has 1 atom stereocenters. The number of carbonyl (C=O) groups is 1. The highest BCUT2D eigenvalue weighted by molar-refractivity contribution is 5.85. The lowest BCUT2D eigenvalue weighted by Crippen LogP contribution is -1.99. The normalized spacial score (nSPS) is 14.2. The lowest BCUT2D eigenvalue weighted by Gasteiger charge is -2.06. The van der Waals surface area contributed by atoms with Gasteiger partial charge in [0, 0.05) is 12.2 Å². The zero-order valence-electron chi connectivity index (χ0n) is 8.29. The lowest BCUT2D eigenvalue weighted by molar-refractivity contribution is -0.132. The molecule has 0 fully saturated rings. The average molecular weight is 186 g/mol. The molecule has 13 heavy (non-hydrogen) atoms. The first-order valence-corrected chi connectivity index (χ1v) is 4.58. The Bertz CT molecular complexity index is 185. The van der Waals surface area contributed by atoms with E-state index in [1.54, 1.807) is 13.0 Å². The van der Waals surface area contributed by atoms with Gasteiger partial charge in [0.15, 0.2) is 0 Å². The number of carboxylic acids is 1. The molecule has 0 saturated carbocycles. The van der Waals surface area contributed by atoms with Crippen molar-refractivity contribution in [2.45, 2.75) is 33.1 Å². The zero-order chi connectivity index (χ0) is 10.3. The minimum atomic E-state index is -0.852. The van der Waals surface area contributed by atoms with E-state index < -0.39 is 5.97 Å². The number of aliphatic hydroxyl groups excluding tert-OH is 1. The minimum absolute atomic E-state index is 0.211. The Morgan fingerprint density at radius 3 is 2.54 bits per heavy atom. The highest BCUT2D eigenvalue weighted by atomic mass is 16.4. The summed E-state index contributed by atoms with van der Waals surface area (Å²) in [6.45, 7) is 3.86. The molecule has 0 aliphatic heterocycles. The van der Waals surface area contributed by atoms with Gasteiger partial charge in [-0.3, -0.25) is 0 Å². The van der Waals surface area contributed by atoms with Crippen molar-refractivity contribution in [1.29, 1.82) is 0 Å². The van der Waals surface area contributed by atoms with Crippen LogP contribution in [0.5, 0.6) is 0 Å². The summed E-state index contributed by atoms with van der Waals surface area (Å²) in [5.41, 5.74) is 0.399. The largest absolute Gasteiger partial charge is 0.478 e. The highest BCUT2D eigenvalue weighted by Gasteiger charge is 2.01. The summed E-state index contributed by atoms with van der Waals surface area (Å²) >= 11 is 0. The van der Waals surface area contributed by atoms with Gasteiger partial charge < -0.3 is 10.2 Å². The fourth-order valence-electron chi connectivity index (χ4n) is 1.04. The predicted octanol–water partition coefficient (Wildman–Crippen LogP) is 1.82. The average Bonchev–Trinajstić information content (AvgIpc) is 2.04. The van der Waals surface area contributed by atoms with E-state index in [1.807, 2.05) is 0 Å². The van der Waals surface area contributed by atoms with E-state index in [0.29, 0.717) is 11.5 Å². The van der Waals surface area contributed by atoms with Crippen LogP contribution in [0.25, 0.3) is 0 Å². The van der Waals surface area contributed by atoms with Crippen LogP contribution in [0, 0.1) is 5.92 Å². The number of allylic oxidation sites excluding steroid dienone is 1. The monoisotopic (exact) mass is 186 g/mol.